The number of aliphatic carboxylic acids is 1. The van der Waals surface area contributed by atoms with Crippen molar-refractivity contribution in [1.82, 2.24) is 9.62 Å². The van der Waals surface area contributed by atoms with Crippen molar-refractivity contribution in [3.8, 4) is 5.75 Å². The van der Waals surface area contributed by atoms with Crippen LogP contribution in [0.3, 0.4) is 0 Å². The van der Waals surface area contributed by atoms with E-state index in [2.05, 4.69) is 5.32 Å². The third-order valence-electron chi connectivity index (χ3n) is 8.83. The number of benzene rings is 1. The highest BCUT2D eigenvalue weighted by atomic mass is 32.2. The van der Waals surface area contributed by atoms with E-state index in [4.69, 9.17) is 4.74 Å². The average molecular weight is 549 g/mol. The molecule has 3 fully saturated rings. The molecule has 0 aromatic heterocycles. The maximum absolute atomic E-state index is 13.6. The minimum atomic E-state index is -3.93. The van der Waals surface area contributed by atoms with Gasteiger partial charge in [0.2, 0.25) is 15.9 Å². The lowest BCUT2D eigenvalue weighted by molar-refractivity contribution is -0.142. The number of sulfonamides is 1. The average Bonchev–Trinajstić information content (AvgIpc) is 3.43. The lowest BCUT2D eigenvalue weighted by Gasteiger charge is -2.37. The molecule has 10 heteroatoms. The fourth-order valence-corrected chi connectivity index (χ4v) is 9.05. The van der Waals surface area contributed by atoms with E-state index in [0.717, 1.165) is 6.42 Å². The highest BCUT2D eigenvalue weighted by Gasteiger charge is 2.66. The van der Waals surface area contributed by atoms with Crippen LogP contribution in [0.5, 0.6) is 5.75 Å². The van der Waals surface area contributed by atoms with Crippen LogP contribution in [0.25, 0.3) is 0 Å². The number of carbonyl (C=O) groups is 3. The molecule has 1 aromatic rings. The number of fused-ring (bicyclic) bond motifs is 2. The Morgan fingerprint density at radius 3 is 2.37 bits per heavy atom. The summed E-state index contributed by atoms with van der Waals surface area (Å²) in [6, 6.07) is 4.81. The summed E-state index contributed by atoms with van der Waals surface area (Å²) >= 11 is 0. The number of Topliss-reactive ketones (excluding diaryl/α,β-unsaturated/α-hetero) is 1. The van der Waals surface area contributed by atoms with Gasteiger partial charge in [0.25, 0.3) is 0 Å². The van der Waals surface area contributed by atoms with Gasteiger partial charge < -0.3 is 15.2 Å². The van der Waals surface area contributed by atoms with Crippen molar-refractivity contribution in [2.45, 2.75) is 90.8 Å². The Hall–Kier alpha value is -2.46. The molecule has 9 nitrogen and oxygen atoms in total. The SMILES string of the molecule is CC(C)(C)Oc1ccc(C[C@H](NC(=O)[C@@H]2CCCN2S(=O)(=O)C[C@@]23CCC(CC2=O)C3(C)C)C(=O)O)cc1. The van der Waals surface area contributed by atoms with Crippen LogP contribution in [-0.4, -0.2) is 65.5 Å². The van der Waals surface area contributed by atoms with E-state index in [9.17, 15) is 27.9 Å². The van der Waals surface area contributed by atoms with Crippen LogP contribution in [0.4, 0.5) is 0 Å². The summed E-state index contributed by atoms with van der Waals surface area (Å²) in [6.07, 6.45) is 2.65. The molecule has 1 aliphatic heterocycles. The van der Waals surface area contributed by atoms with Crippen LogP contribution in [0.1, 0.15) is 72.3 Å². The van der Waals surface area contributed by atoms with Gasteiger partial charge in [-0.05, 0) is 75.5 Å². The van der Waals surface area contributed by atoms with E-state index in [1.54, 1.807) is 24.3 Å². The number of rotatable bonds is 9. The van der Waals surface area contributed by atoms with E-state index in [0.29, 0.717) is 37.0 Å². The van der Waals surface area contributed by atoms with Gasteiger partial charge in [-0.1, -0.05) is 26.0 Å². The van der Waals surface area contributed by atoms with Gasteiger partial charge in [-0.15, -0.1) is 0 Å². The topological polar surface area (TPSA) is 130 Å². The van der Waals surface area contributed by atoms with Crippen molar-refractivity contribution in [3.05, 3.63) is 29.8 Å². The number of ether oxygens (including phenoxy) is 1. The number of nitrogens with one attached hydrogen (secondary N) is 1. The third kappa shape index (κ3) is 5.34. The van der Waals surface area contributed by atoms with E-state index in [-0.39, 0.29) is 36.0 Å². The summed E-state index contributed by atoms with van der Waals surface area (Å²) < 4.78 is 34.3. The second-order valence-corrected chi connectivity index (χ2v) is 14.6. The molecule has 3 aliphatic rings. The number of hydrogen-bond acceptors (Lipinski definition) is 6. The fraction of sp³-hybridized carbons (Fsp3) is 0.679. The lowest BCUT2D eigenvalue weighted by Crippen LogP contribution is -2.53. The number of hydrogen-bond donors (Lipinski definition) is 2. The lowest BCUT2D eigenvalue weighted by atomic mass is 9.70. The van der Waals surface area contributed by atoms with Crippen LogP contribution < -0.4 is 10.1 Å². The van der Waals surface area contributed by atoms with Crippen LogP contribution in [0, 0.1) is 16.7 Å². The summed E-state index contributed by atoms with van der Waals surface area (Å²) in [5.74, 6) is -1.26. The fourth-order valence-electron chi connectivity index (χ4n) is 6.59. The Bertz CT molecular complexity index is 1200. The normalized spacial score (nSPS) is 27.9. The van der Waals surface area contributed by atoms with Crippen molar-refractivity contribution in [3.63, 3.8) is 0 Å². The molecule has 1 heterocycles. The van der Waals surface area contributed by atoms with Gasteiger partial charge in [-0.25, -0.2) is 13.2 Å². The molecule has 2 aliphatic carbocycles. The number of amides is 1. The first-order chi connectivity index (χ1) is 17.6. The molecule has 1 aromatic carbocycles. The Kier molecular flexibility index (Phi) is 7.46. The molecule has 1 amide bonds. The summed E-state index contributed by atoms with van der Waals surface area (Å²) in [6.45, 7) is 9.94. The first-order valence-corrected chi connectivity index (χ1v) is 15.0. The van der Waals surface area contributed by atoms with Crippen LogP contribution in [0.2, 0.25) is 0 Å². The van der Waals surface area contributed by atoms with Gasteiger partial charge in [0.15, 0.2) is 0 Å². The van der Waals surface area contributed by atoms with Crippen LogP contribution >= 0.6 is 0 Å². The number of ketones is 1. The largest absolute Gasteiger partial charge is 0.488 e. The van der Waals surface area contributed by atoms with Gasteiger partial charge >= 0.3 is 5.97 Å². The quantitative estimate of drug-likeness (QED) is 0.485. The molecule has 1 unspecified atom stereocenters. The summed E-state index contributed by atoms with van der Waals surface area (Å²) in [7, 11) is -3.93. The summed E-state index contributed by atoms with van der Waals surface area (Å²) in [5, 5.41) is 12.4. The zero-order chi connectivity index (χ0) is 28.1. The first-order valence-electron chi connectivity index (χ1n) is 13.4. The number of nitrogens with zero attached hydrogens (tertiary/aromatic N) is 1. The Balaban J connectivity index is 1.45. The molecule has 4 rings (SSSR count). The highest BCUT2D eigenvalue weighted by Crippen LogP contribution is 2.64. The van der Waals surface area contributed by atoms with E-state index in [1.807, 2.05) is 34.6 Å². The molecule has 2 saturated carbocycles. The van der Waals surface area contributed by atoms with Crippen molar-refractivity contribution < 1.29 is 32.6 Å². The molecule has 210 valence electrons. The van der Waals surface area contributed by atoms with E-state index >= 15 is 0 Å². The second kappa shape index (κ2) is 9.93. The smallest absolute Gasteiger partial charge is 0.326 e. The standard InChI is InChI=1S/C28H40N2O7S/c1-26(2,3)37-20-10-8-18(9-11-20)15-21(25(33)34)29-24(32)22-7-6-14-30(22)38(35,36)17-28-13-12-19(16-23(28)31)27(28,4)5/h8-11,19,21-22H,6-7,12-17H2,1-5H3,(H,29,32)(H,33,34)/t19?,21-,22-,28-/m0/s1. The van der Waals surface area contributed by atoms with Crippen LogP contribution in [-0.2, 0) is 30.8 Å². The van der Waals surface area contributed by atoms with Gasteiger partial charge in [-0.2, -0.15) is 4.31 Å². The van der Waals surface area contributed by atoms with Gasteiger partial charge in [0, 0.05) is 24.8 Å². The summed E-state index contributed by atoms with van der Waals surface area (Å²) in [4.78, 5) is 38.2. The maximum Gasteiger partial charge on any atom is 0.326 e. The zero-order valence-electron chi connectivity index (χ0n) is 23.0. The van der Waals surface area contributed by atoms with E-state index < -0.39 is 44.8 Å². The number of carboxylic acids is 1. The third-order valence-corrected chi connectivity index (χ3v) is 10.8. The second-order valence-electron chi connectivity index (χ2n) is 12.7. The molecular formula is C28H40N2O7S. The van der Waals surface area contributed by atoms with Crippen molar-refractivity contribution in [1.29, 1.82) is 0 Å². The molecule has 2 bridgehead atoms. The first kappa shape index (κ1) is 28.5. The number of carbonyl (C=O) groups excluding carboxylic acids is 2. The Morgan fingerprint density at radius 2 is 1.84 bits per heavy atom. The van der Waals surface area contributed by atoms with Gasteiger partial charge in [0.05, 0.1) is 5.75 Å². The van der Waals surface area contributed by atoms with Crippen molar-refractivity contribution >= 4 is 27.7 Å². The maximum atomic E-state index is 13.6. The monoisotopic (exact) mass is 548 g/mol. The molecule has 0 spiro atoms. The van der Waals surface area contributed by atoms with Crippen LogP contribution in [0.15, 0.2) is 24.3 Å². The molecule has 0 radical (unpaired) electrons. The predicted molar refractivity (Wildman–Crippen MR) is 142 cm³/mol. The van der Waals surface area contributed by atoms with Gasteiger partial charge in [-0.3, -0.25) is 9.59 Å². The predicted octanol–water partition coefficient (Wildman–Crippen LogP) is 3.17. The molecule has 4 atom stereocenters. The summed E-state index contributed by atoms with van der Waals surface area (Å²) in [5.41, 5.74) is -0.998. The van der Waals surface area contributed by atoms with Gasteiger partial charge in [0.1, 0.15) is 29.2 Å². The molecule has 2 N–H and O–H groups in total. The Morgan fingerprint density at radius 1 is 1.18 bits per heavy atom. The highest BCUT2D eigenvalue weighted by molar-refractivity contribution is 7.89. The zero-order valence-corrected chi connectivity index (χ0v) is 23.8. The van der Waals surface area contributed by atoms with Crippen molar-refractivity contribution in [2.75, 3.05) is 12.3 Å². The molecule has 1 saturated heterocycles. The Labute approximate surface area is 225 Å². The minimum Gasteiger partial charge on any atom is -0.488 e. The molecular weight excluding hydrogens is 508 g/mol. The minimum absolute atomic E-state index is 0.00684. The number of carboxylic acid groups (broad SMARTS) is 1. The molecule has 38 heavy (non-hydrogen) atoms. The van der Waals surface area contributed by atoms with Crippen molar-refractivity contribution in [2.24, 2.45) is 16.7 Å². The van der Waals surface area contributed by atoms with E-state index in [1.165, 1.54) is 4.31 Å².